The molecule has 1 amide bonds. The fourth-order valence-electron chi connectivity index (χ4n) is 3.19. The minimum Gasteiger partial charge on any atom is -0.322 e. The summed E-state index contributed by atoms with van der Waals surface area (Å²) >= 11 is 0. The number of nitrogens with one attached hydrogen (secondary N) is 1. The highest BCUT2D eigenvalue weighted by Crippen LogP contribution is 2.34. The monoisotopic (exact) mass is 286 g/mol. The van der Waals surface area contributed by atoms with E-state index in [9.17, 15) is 4.79 Å². The fraction of sp³-hybridized carbons (Fsp3) is 0.611. The van der Waals surface area contributed by atoms with Crippen LogP contribution in [-0.2, 0) is 4.79 Å². The van der Waals surface area contributed by atoms with Crippen molar-refractivity contribution in [3.05, 3.63) is 35.4 Å². The van der Waals surface area contributed by atoms with Crippen molar-refractivity contribution >= 4 is 5.91 Å². The minimum atomic E-state index is -0.0165. The second-order valence-corrected chi connectivity index (χ2v) is 6.56. The van der Waals surface area contributed by atoms with Crippen LogP contribution in [-0.4, -0.2) is 23.4 Å². The maximum atomic E-state index is 12.5. The van der Waals surface area contributed by atoms with Gasteiger partial charge in [-0.25, -0.2) is 0 Å². The highest BCUT2D eigenvalue weighted by molar-refractivity contribution is 5.84. The Bertz CT molecular complexity index is 492. The van der Waals surface area contributed by atoms with Gasteiger partial charge in [-0.3, -0.25) is 10.1 Å². The van der Waals surface area contributed by atoms with E-state index >= 15 is 0 Å². The Morgan fingerprint density at radius 3 is 2.57 bits per heavy atom. The fourth-order valence-corrected chi connectivity index (χ4v) is 3.19. The molecule has 1 aliphatic heterocycles. The third-order valence-electron chi connectivity index (χ3n) is 4.76. The van der Waals surface area contributed by atoms with Crippen molar-refractivity contribution in [2.24, 2.45) is 5.92 Å². The summed E-state index contributed by atoms with van der Waals surface area (Å²) in [4.78, 5) is 14.6. The van der Waals surface area contributed by atoms with Crippen molar-refractivity contribution in [2.45, 2.75) is 58.2 Å². The summed E-state index contributed by atoms with van der Waals surface area (Å²) in [7, 11) is 0. The van der Waals surface area contributed by atoms with Crippen molar-refractivity contribution in [3.63, 3.8) is 0 Å². The van der Waals surface area contributed by atoms with Gasteiger partial charge in [-0.05, 0) is 37.7 Å². The molecule has 114 valence electrons. The van der Waals surface area contributed by atoms with Gasteiger partial charge in [-0.2, -0.15) is 0 Å². The Balaban J connectivity index is 1.71. The molecule has 0 aromatic heterocycles. The molecular weight excluding hydrogens is 260 g/mol. The molecule has 1 heterocycles. The largest absolute Gasteiger partial charge is 0.322 e. The quantitative estimate of drug-likeness (QED) is 0.869. The number of carbonyl (C=O) groups is 1. The van der Waals surface area contributed by atoms with Crippen LogP contribution >= 0.6 is 0 Å². The molecule has 21 heavy (non-hydrogen) atoms. The normalized spacial score (nSPS) is 25.6. The van der Waals surface area contributed by atoms with Crippen LogP contribution in [0.1, 0.15) is 56.3 Å². The van der Waals surface area contributed by atoms with Crippen LogP contribution in [0.3, 0.4) is 0 Å². The van der Waals surface area contributed by atoms with E-state index in [1.807, 2.05) is 0 Å². The zero-order chi connectivity index (χ0) is 14.8. The lowest BCUT2D eigenvalue weighted by Crippen LogP contribution is -2.32. The zero-order valence-electron chi connectivity index (χ0n) is 13.1. The van der Waals surface area contributed by atoms with E-state index in [-0.39, 0.29) is 18.1 Å². The van der Waals surface area contributed by atoms with Crippen molar-refractivity contribution in [2.75, 3.05) is 6.54 Å². The van der Waals surface area contributed by atoms with Gasteiger partial charge in [0.1, 0.15) is 6.17 Å². The number of benzene rings is 1. The number of aryl methyl sites for hydroxylation is 1. The van der Waals surface area contributed by atoms with E-state index in [1.54, 1.807) is 0 Å². The smallest absolute Gasteiger partial charge is 0.241 e. The molecule has 2 atom stereocenters. The Morgan fingerprint density at radius 2 is 1.95 bits per heavy atom. The van der Waals surface area contributed by atoms with Crippen LogP contribution in [0.25, 0.3) is 0 Å². The lowest BCUT2D eigenvalue weighted by molar-refractivity contribution is -0.130. The number of amides is 1. The Labute approximate surface area is 127 Å². The summed E-state index contributed by atoms with van der Waals surface area (Å²) in [5.74, 6) is 1.22. The van der Waals surface area contributed by atoms with Crippen LogP contribution < -0.4 is 5.32 Å². The summed E-state index contributed by atoms with van der Waals surface area (Å²) < 4.78 is 0. The van der Waals surface area contributed by atoms with Gasteiger partial charge >= 0.3 is 0 Å². The van der Waals surface area contributed by atoms with E-state index in [0.29, 0.717) is 0 Å². The standard InChI is InChI=1S/C18H26N2O/c1-3-16-18(21)20(12-4-5-14-8-9-14)17(19-16)15-10-6-13(2)7-11-15/h6-7,10-11,14,16-17,19H,3-5,8-9,12H2,1-2H3. The van der Waals surface area contributed by atoms with Crippen LogP contribution in [0.4, 0.5) is 0 Å². The van der Waals surface area contributed by atoms with Crippen LogP contribution in [0.2, 0.25) is 0 Å². The lowest BCUT2D eigenvalue weighted by Gasteiger charge is -2.24. The molecule has 1 aromatic rings. The van der Waals surface area contributed by atoms with Crippen molar-refractivity contribution in [3.8, 4) is 0 Å². The average molecular weight is 286 g/mol. The molecule has 2 unspecified atom stereocenters. The maximum Gasteiger partial charge on any atom is 0.241 e. The lowest BCUT2D eigenvalue weighted by atomic mass is 10.1. The molecule has 1 saturated carbocycles. The number of hydrogen-bond donors (Lipinski definition) is 1. The number of rotatable bonds is 6. The predicted octanol–water partition coefficient (Wildman–Crippen LogP) is 3.39. The molecule has 1 aromatic carbocycles. The van der Waals surface area contributed by atoms with Gasteiger partial charge in [-0.1, -0.05) is 49.6 Å². The van der Waals surface area contributed by atoms with Crippen molar-refractivity contribution < 1.29 is 4.79 Å². The molecule has 1 saturated heterocycles. The minimum absolute atomic E-state index is 0.0165. The third kappa shape index (κ3) is 3.29. The summed E-state index contributed by atoms with van der Waals surface area (Å²) in [5.41, 5.74) is 2.46. The first-order chi connectivity index (χ1) is 10.2. The number of hydrogen-bond acceptors (Lipinski definition) is 2. The molecule has 2 fully saturated rings. The van der Waals surface area contributed by atoms with Crippen LogP contribution in [0.5, 0.6) is 0 Å². The molecule has 3 nitrogen and oxygen atoms in total. The SMILES string of the molecule is CCC1NC(c2ccc(C)cc2)N(CCCC2CC2)C1=O. The zero-order valence-corrected chi connectivity index (χ0v) is 13.1. The van der Waals surface area contributed by atoms with E-state index in [4.69, 9.17) is 0 Å². The van der Waals surface area contributed by atoms with E-state index in [1.165, 1.54) is 30.4 Å². The summed E-state index contributed by atoms with van der Waals surface area (Å²) in [6, 6.07) is 8.53. The van der Waals surface area contributed by atoms with E-state index in [2.05, 4.69) is 48.3 Å². The van der Waals surface area contributed by atoms with E-state index in [0.717, 1.165) is 25.3 Å². The maximum absolute atomic E-state index is 12.5. The van der Waals surface area contributed by atoms with Gasteiger partial charge in [0.05, 0.1) is 6.04 Å². The van der Waals surface area contributed by atoms with Crippen LogP contribution in [0, 0.1) is 12.8 Å². The molecule has 1 N–H and O–H groups in total. The molecule has 1 aliphatic carbocycles. The molecule has 0 radical (unpaired) electrons. The molecular formula is C18H26N2O. The summed E-state index contributed by atoms with van der Waals surface area (Å²) in [5, 5.41) is 3.51. The van der Waals surface area contributed by atoms with Gasteiger partial charge in [0, 0.05) is 6.54 Å². The molecule has 0 spiro atoms. The second kappa shape index (κ2) is 6.18. The summed E-state index contributed by atoms with van der Waals surface area (Å²) in [6.07, 6.45) is 6.12. The number of carbonyl (C=O) groups excluding carboxylic acids is 1. The van der Waals surface area contributed by atoms with Gasteiger partial charge in [-0.15, -0.1) is 0 Å². The van der Waals surface area contributed by atoms with E-state index < -0.39 is 0 Å². The topological polar surface area (TPSA) is 32.3 Å². The Kier molecular flexibility index (Phi) is 4.29. The molecule has 2 aliphatic rings. The Hall–Kier alpha value is -1.35. The molecule has 3 heteroatoms. The summed E-state index contributed by atoms with van der Waals surface area (Å²) in [6.45, 7) is 5.06. The second-order valence-electron chi connectivity index (χ2n) is 6.56. The first kappa shape index (κ1) is 14.6. The van der Waals surface area contributed by atoms with Gasteiger partial charge in [0.2, 0.25) is 5.91 Å². The van der Waals surface area contributed by atoms with Gasteiger partial charge < -0.3 is 4.90 Å². The van der Waals surface area contributed by atoms with Crippen LogP contribution in [0.15, 0.2) is 24.3 Å². The first-order valence-electron chi connectivity index (χ1n) is 8.32. The molecule has 3 rings (SSSR count). The highest BCUT2D eigenvalue weighted by Gasteiger charge is 2.38. The molecule has 0 bridgehead atoms. The van der Waals surface area contributed by atoms with Gasteiger partial charge in [0.25, 0.3) is 0 Å². The highest BCUT2D eigenvalue weighted by atomic mass is 16.2. The average Bonchev–Trinajstić information content (AvgIpc) is 3.25. The van der Waals surface area contributed by atoms with Gasteiger partial charge in [0.15, 0.2) is 0 Å². The number of nitrogens with zero attached hydrogens (tertiary/aromatic N) is 1. The Morgan fingerprint density at radius 1 is 1.24 bits per heavy atom. The van der Waals surface area contributed by atoms with Crippen molar-refractivity contribution in [1.82, 2.24) is 10.2 Å². The third-order valence-corrected chi connectivity index (χ3v) is 4.76. The van der Waals surface area contributed by atoms with Crippen molar-refractivity contribution in [1.29, 1.82) is 0 Å². The predicted molar refractivity (Wildman–Crippen MR) is 84.8 cm³/mol. The first-order valence-corrected chi connectivity index (χ1v) is 8.32.